The van der Waals surface area contributed by atoms with Crippen molar-refractivity contribution in [1.82, 2.24) is 9.47 Å². The van der Waals surface area contributed by atoms with Crippen LogP contribution >= 0.6 is 0 Å². The predicted octanol–water partition coefficient (Wildman–Crippen LogP) is 1.10. The normalized spacial score (nSPS) is 23.2. The number of piperidine rings is 2. The van der Waals surface area contributed by atoms with Crippen LogP contribution in [0, 0.1) is 5.92 Å². The summed E-state index contributed by atoms with van der Waals surface area (Å²) in [6.07, 6.45) is 2.07. The Morgan fingerprint density at radius 3 is 2.62 bits per heavy atom. The highest BCUT2D eigenvalue weighted by Gasteiger charge is 2.38. The summed E-state index contributed by atoms with van der Waals surface area (Å²) in [6.45, 7) is 5.18. The number of amides is 1. The average molecular weight is 441 g/mol. The molecule has 1 N–H and O–H groups in total. The predicted molar refractivity (Wildman–Crippen MR) is 120 cm³/mol. The van der Waals surface area contributed by atoms with Crippen molar-refractivity contribution < 1.29 is 9.53 Å². The van der Waals surface area contributed by atoms with Gasteiger partial charge in [-0.25, -0.2) is 4.79 Å². The second-order valence-corrected chi connectivity index (χ2v) is 9.09. The van der Waals surface area contributed by atoms with Gasteiger partial charge in [0.2, 0.25) is 0 Å². The number of aromatic nitrogens is 1. The van der Waals surface area contributed by atoms with Crippen LogP contribution in [0.5, 0.6) is 0 Å². The van der Waals surface area contributed by atoms with Crippen molar-refractivity contribution in [3.8, 4) is 0 Å². The summed E-state index contributed by atoms with van der Waals surface area (Å²) in [5.74, 6) is 0.438. The van der Waals surface area contributed by atoms with Crippen LogP contribution in [0.2, 0.25) is 0 Å². The molecule has 2 unspecified atom stereocenters. The summed E-state index contributed by atoms with van der Waals surface area (Å²) in [6, 6.07) is 5.41. The minimum absolute atomic E-state index is 0.0243. The Balaban J connectivity index is 1.30. The van der Waals surface area contributed by atoms with E-state index in [2.05, 4.69) is 5.32 Å². The number of likely N-dealkylation sites (tertiary alicyclic amines) is 1. The summed E-state index contributed by atoms with van der Waals surface area (Å²) in [4.78, 5) is 52.8. The van der Waals surface area contributed by atoms with E-state index in [-0.39, 0.29) is 29.5 Å². The van der Waals surface area contributed by atoms with Crippen LogP contribution in [0.15, 0.2) is 32.6 Å². The second kappa shape index (κ2) is 8.11. The fourth-order valence-electron chi connectivity index (χ4n) is 5.52. The standard InChI is InChI=1S/C23H28N4O5/c1-2-32-23(31)25-8-6-16(7-9-25)24-19-20(22(30)21(19)29)26-11-14-10-15(13-26)17-4-3-5-18(28)27(17)12-14/h3-5,14-16,24H,2,6-13H2,1H3. The Hall–Kier alpha value is -3.10. The molecule has 3 aliphatic rings. The molecule has 5 rings (SSSR count). The van der Waals surface area contributed by atoms with E-state index in [4.69, 9.17) is 4.74 Å². The summed E-state index contributed by atoms with van der Waals surface area (Å²) in [7, 11) is 0. The van der Waals surface area contributed by atoms with Gasteiger partial charge >= 0.3 is 6.09 Å². The quantitative estimate of drug-likeness (QED) is 0.711. The average Bonchev–Trinajstić information content (AvgIpc) is 2.80. The molecule has 2 saturated heterocycles. The molecule has 0 spiro atoms. The van der Waals surface area contributed by atoms with Crippen LogP contribution in [0.25, 0.3) is 0 Å². The van der Waals surface area contributed by atoms with Crippen molar-refractivity contribution in [3.63, 3.8) is 0 Å². The van der Waals surface area contributed by atoms with Gasteiger partial charge in [0, 0.05) is 56.4 Å². The lowest BCUT2D eigenvalue weighted by Gasteiger charge is -2.44. The number of pyridine rings is 1. The number of hydrogen-bond donors (Lipinski definition) is 1. The molecule has 4 heterocycles. The summed E-state index contributed by atoms with van der Waals surface area (Å²) in [5.41, 5.74) is 1.05. The van der Waals surface area contributed by atoms with Crippen LogP contribution in [0.3, 0.4) is 0 Å². The van der Waals surface area contributed by atoms with E-state index >= 15 is 0 Å². The molecule has 2 fully saturated rings. The number of nitrogens with one attached hydrogen (secondary N) is 1. The molecule has 1 aromatic heterocycles. The number of anilines is 2. The maximum Gasteiger partial charge on any atom is 0.409 e. The summed E-state index contributed by atoms with van der Waals surface area (Å²) in [5, 5.41) is 3.30. The van der Waals surface area contributed by atoms with Crippen molar-refractivity contribution in [2.24, 2.45) is 5.92 Å². The Labute approximate surface area is 185 Å². The van der Waals surface area contributed by atoms with Gasteiger partial charge in [0.25, 0.3) is 16.4 Å². The number of carbonyl (C=O) groups excluding carboxylic acids is 1. The highest BCUT2D eigenvalue weighted by Crippen LogP contribution is 2.38. The Kier molecular flexibility index (Phi) is 5.27. The fraction of sp³-hybridized carbons (Fsp3) is 0.565. The SMILES string of the molecule is CCOC(=O)N1CCC(Nc2c(N3CC4CC(C3)c3cccc(=O)n3C4)c(=O)c2=O)CC1. The lowest BCUT2D eigenvalue weighted by molar-refractivity contribution is 0.0983. The number of nitrogens with zero attached hydrogens (tertiary/aromatic N) is 3. The molecule has 32 heavy (non-hydrogen) atoms. The van der Waals surface area contributed by atoms with E-state index < -0.39 is 10.9 Å². The van der Waals surface area contributed by atoms with Crippen LogP contribution in [0.1, 0.15) is 37.8 Å². The van der Waals surface area contributed by atoms with E-state index in [0.717, 1.165) is 12.1 Å². The zero-order chi connectivity index (χ0) is 22.4. The number of ether oxygens (including phenoxy) is 1. The van der Waals surface area contributed by atoms with Gasteiger partial charge < -0.3 is 24.4 Å². The molecule has 0 aliphatic carbocycles. The number of fused-ring (bicyclic) bond motifs is 4. The van der Waals surface area contributed by atoms with Gasteiger partial charge in [-0.1, -0.05) is 6.07 Å². The van der Waals surface area contributed by atoms with E-state index in [1.54, 1.807) is 24.0 Å². The molecule has 0 saturated carbocycles. The number of hydrogen-bond acceptors (Lipinski definition) is 7. The molecular weight excluding hydrogens is 412 g/mol. The fourth-order valence-corrected chi connectivity index (χ4v) is 5.52. The molecule has 2 bridgehead atoms. The second-order valence-electron chi connectivity index (χ2n) is 9.09. The van der Waals surface area contributed by atoms with Crippen LogP contribution in [-0.2, 0) is 11.3 Å². The monoisotopic (exact) mass is 440 g/mol. The van der Waals surface area contributed by atoms with Crippen molar-refractivity contribution >= 4 is 17.5 Å². The third kappa shape index (κ3) is 3.49. The Morgan fingerprint density at radius 1 is 1.09 bits per heavy atom. The first kappa shape index (κ1) is 20.8. The molecule has 3 aliphatic heterocycles. The van der Waals surface area contributed by atoms with Gasteiger partial charge in [-0.3, -0.25) is 14.4 Å². The molecule has 1 aromatic carbocycles. The first-order valence-corrected chi connectivity index (χ1v) is 11.4. The largest absolute Gasteiger partial charge is 0.450 e. The van der Waals surface area contributed by atoms with Crippen LogP contribution in [-0.4, -0.2) is 54.4 Å². The highest BCUT2D eigenvalue weighted by atomic mass is 16.6. The minimum Gasteiger partial charge on any atom is -0.450 e. The van der Waals surface area contributed by atoms with E-state index in [1.807, 2.05) is 15.5 Å². The molecule has 9 heteroatoms. The number of carbonyl (C=O) groups is 1. The van der Waals surface area contributed by atoms with E-state index in [0.29, 0.717) is 63.5 Å². The summed E-state index contributed by atoms with van der Waals surface area (Å²) < 4.78 is 6.91. The molecule has 2 aromatic rings. The topological polar surface area (TPSA) is 101 Å². The summed E-state index contributed by atoms with van der Waals surface area (Å²) >= 11 is 0. The highest BCUT2D eigenvalue weighted by molar-refractivity contribution is 5.76. The van der Waals surface area contributed by atoms with Crippen molar-refractivity contribution in [1.29, 1.82) is 0 Å². The Morgan fingerprint density at radius 2 is 1.88 bits per heavy atom. The molecular formula is C23H28N4O5. The van der Waals surface area contributed by atoms with Gasteiger partial charge in [-0.15, -0.1) is 0 Å². The maximum atomic E-state index is 12.5. The molecule has 170 valence electrons. The molecule has 0 radical (unpaired) electrons. The van der Waals surface area contributed by atoms with Gasteiger partial charge in [-0.2, -0.15) is 0 Å². The van der Waals surface area contributed by atoms with Crippen molar-refractivity contribution in [2.75, 3.05) is 43.0 Å². The molecule has 1 amide bonds. The van der Waals surface area contributed by atoms with Gasteiger partial charge in [0.15, 0.2) is 0 Å². The minimum atomic E-state index is -0.458. The van der Waals surface area contributed by atoms with Gasteiger partial charge in [0.1, 0.15) is 11.4 Å². The zero-order valence-electron chi connectivity index (χ0n) is 18.2. The van der Waals surface area contributed by atoms with Crippen molar-refractivity contribution in [3.05, 3.63) is 54.7 Å². The molecule has 2 atom stereocenters. The number of rotatable bonds is 4. The van der Waals surface area contributed by atoms with Gasteiger partial charge in [-0.05, 0) is 38.2 Å². The smallest absolute Gasteiger partial charge is 0.409 e. The third-order valence-corrected chi connectivity index (χ3v) is 7.05. The molecule has 9 nitrogen and oxygen atoms in total. The Bertz CT molecular complexity index is 1160. The first-order chi connectivity index (χ1) is 15.5. The zero-order valence-corrected chi connectivity index (χ0v) is 18.2. The first-order valence-electron chi connectivity index (χ1n) is 11.4. The third-order valence-electron chi connectivity index (χ3n) is 7.05. The van der Waals surface area contributed by atoms with Crippen LogP contribution in [0.4, 0.5) is 16.2 Å². The lowest BCUT2D eigenvalue weighted by Crippen LogP contribution is -2.52. The van der Waals surface area contributed by atoms with Crippen molar-refractivity contribution in [2.45, 2.75) is 44.7 Å². The van der Waals surface area contributed by atoms with E-state index in [1.165, 1.54) is 0 Å². The van der Waals surface area contributed by atoms with E-state index in [9.17, 15) is 19.2 Å². The maximum absolute atomic E-state index is 12.5. The van der Waals surface area contributed by atoms with Crippen LogP contribution < -0.4 is 26.6 Å². The lowest BCUT2D eigenvalue weighted by atomic mass is 9.82. The van der Waals surface area contributed by atoms with Gasteiger partial charge in [0.05, 0.1) is 6.61 Å².